The van der Waals surface area contributed by atoms with Gasteiger partial charge in [0.2, 0.25) is 0 Å². The number of hydrogen-bond donors (Lipinski definition) is 1. The maximum Gasteiger partial charge on any atom is 0.125 e. The second-order valence-corrected chi connectivity index (χ2v) is 4.64. The third-order valence-electron chi connectivity index (χ3n) is 2.54. The van der Waals surface area contributed by atoms with Gasteiger partial charge < -0.3 is 9.73 Å². The molecule has 2 nitrogen and oxygen atoms in total. The molecule has 2 aromatic rings. The van der Waals surface area contributed by atoms with Crippen molar-refractivity contribution in [1.29, 1.82) is 0 Å². The van der Waals surface area contributed by atoms with Crippen LogP contribution in [0.1, 0.15) is 23.1 Å². The van der Waals surface area contributed by atoms with Crippen molar-refractivity contribution in [1.82, 2.24) is 5.32 Å². The molecule has 0 radical (unpaired) electrons. The van der Waals surface area contributed by atoms with E-state index in [0.717, 1.165) is 16.0 Å². The molecule has 0 saturated heterocycles. The van der Waals surface area contributed by atoms with Gasteiger partial charge in [0.15, 0.2) is 0 Å². The zero-order valence-electron chi connectivity index (χ0n) is 9.33. The predicted molar refractivity (Wildman–Crippen MR) is 68.5 cm³/mol. The quantitative estimate of drug-likeness (QED) is 0.928. The largest absolute Gasteiger partial charge is 0.464 e. The molecule has 0 fully saturated rings. The van der Waals surface area contributed by atoms with Crippen LogP contribution in [0.25, 0.3) is 0 Å². The second kappa shape index (κ2) is 4.85. The summed E-state index contributed by atoms with van der Waals surface area (Å²) in [5.74, 6) is 1.88. The predicted octanol–water partition coefficient (Wildman–Crippen LogP) is 3.66. The van der Waals surface area contributed by atoms with Crippen LogP contribution in [0, 0.1) is 6.92 Å². The van der Waals surface area contributed by atoms with Crippen LogP contribution in [0.5, 0.6) is 0 Å². The molecule has 84 valence electrons. The lowest BCUT2D eigenvalue weighted by molar-refractivity contribution is 0.444. The molecule has 1 aromatic carbocycles. The lowest BCUT2D eigenvalue weighted by atomic mass is 10.1. The summed E-state index contributed by atoms with van der Waals surface area (Å²) in [5, 5.41) is 3.26. The minimum atomic E-state index is 0.113. The van der Waals surface area contributed by atoms with Crippen LogP contribution >= 0.6 is 15.9 Å². The van der Waals surface area contributed by atoms with Crippen LogP contribution in [0.4, 0.5) is 0 Å². The van der Waals surface area contributed by atoms with Crippen molar-refractivity contribution in [2.24, 2.45) is 0 Å². The van der Waals surface area contributed by atoms with Gasteiger partial charge >= 0.3 is 0 Å². The Kier molecular flexibility index (Phi) is 3.46. The highest BCUT2D eigenvalue weighted by Crippen LogP contribution is 2.24. The summed E-state index contributed by atoms with van der Waals surface area (Å²) >= 11 is 3.43. The molecule has 0 spiro atoms. The third kappa shape index (κ3) is 2.36. The SMILES string of the molecule is CNC(c1ccc(Br)cc1)c1ccc(C)o1. The lowest BCUT2D eigenvalue weighted by Crippen LogP contribution is -2.16. The van der Waals surface area contributed by atoms with E-state index in [1.165, 1.54) is 5.56 Å². The van der Waals surface area contributed by atoms with Gasteiger partial charge in [0.25, 0.3) is 0 Å². The summed E-state index contributed by atoms with van der Waals surface area (Å²) in [6, 6.07) is 12.4. The second-order valence-electron chi connectivity index (χ2n) is 3.72. The smallest absolute Gasteiger partial charge is 0.125 e. The van der Waals surface area contributed by atoms with E-state index >= 15 is 0 Å². The van der Waals surface area contributed by atoms with Gasteiger partial charge in [-0.15, -0.1) is 0 Å². The molecule has 2 rings (SSSR count). The fourth-order valence-electron chi connectivity index (χ4n) is 1.74. The van der Waals surface area contributed by atoms with Crippen LogP contribution < -0.4 is 5.32 Å². The zero-order valence-corrected chi connectivity index (χ0v) is 10.9. The Morgan fingerprint density at radius 1 is 1.12 bits per heavy atom. The van der Waals surface area contributed by atoms with E-state index in [1.807, 2.05) is 38.2 Å². The number of halogens is 1. The molecule has 16 heavy (non-hydrogen) atoms. The molecule has 3 heteroatoms. The number of furan rings is 1. The van der Waals surface area contributed by atoms with Gasteiger partial charge in [-0.05, 0) is 43.8 Å². The summed E-state index contributed by atoms with van der Waals surface area (Å²) in [7, 11) is 1.94. The van der Waals surface area contributed by atoms with Crippen molar-refractivity contribution in [3.05, 3.63) is 58.0 Å². The molecule has 0 aliphatic rings. The van der Waals surface area contributed by atoms with Crippen molar-refractivity contribution >= 4 is 15.9 Å². The fourth-order valence-corrected chi connectivity index (χ4v) is 2.00. The van der Waals surface area contributed by atoms with E-state index in [0.29, 0.717) is 0 Å². The molecule has 1 heterocycles. The molecule has 1 unspecified atom stereocenters. The Hall–Kier alpha value is -1.06. The van der Waals surface area contributed by atoms with E-state index in [2.05, 4.69) is 33.4 Å². The Morgan fingerprint density at radius 2 is 1.81 bits per heavy atom. The molecule has 0 aliphatic heterocycles. The molecule has 1 atom stereocenters. The van der Waals surface area contributed by atoms with Crippen molar-refractivity contribution < 1.29 is 4.42 Å². The van der Waals surface area contributed by atoms with Gasteiger partial charge in [0.05, 0.1) is 6.04 Å². The van der Waals surface area contributed by atoms with Gasteiger partial charge in [0, 0.05) is 4.47 Å². The summed E-state index contributed by atoms with van der Waals surface area (Å²) in [5.41, 5.74) is 1.19. The van der Waals surface area contributed by atoms with Crippen LogP contribution in [-0.2, 0) is 0 Å². The Labute approximate surface area is 104 Å². The molecule has 0 amide bonds. The van der Waals surface area contributed by atoms with Gasteiger partial charge in [0.1, 0.15) is 11.5 Å². The Morgan fingerprint density at radius 3 is 2.31 bits per heavy atom. The number of hydrogen-bond acceptors (Lipinski definition) is 2. The van der Waals surface area contributed by atoms with Gasteiger partial charge in [-0.25, -0.2) is 0 Å². The molecule has 0 aliphatic carbocycles. The van der Waals surface area contributed by atoms with E-state index in [1.54, 1.807) is 0 Å². The number of rotatable bonds is 3. The highest BCUT2D eigenvalue weighted by atomic mass is 79.9. The normalized spacial score (nSPS) is 12.7. The number of benzene rings is 1. The average molecular weight is 280 g/mol. The first kappa shape index (κ1) is 11.4. The minimum Gasteiger partial charge on any atom is -0.464 e. The first-order chi connectivity index (χ1) is 7.70. The topological polar surface area (TPSA) is 25.2 Å². The summed E-state index contributed by atoms with van der Waals surface area (Å²) in [6.45, 7) is 1.96. The zero-order chi connectivity index (χ0) is 11.5. The van der Waals surface area contributed by atoms with Gasteiger partial charge in [-0.2, -0.15) is 0 Å². The molecule has 0 saturated carbocycles. The Bertz CT molecular complexity index is 461. The van der Waals surface area contributed by atoms with Crippen molar-refractivity contribution in [3.8, 4) is 0 Å². The number of aryl methyl sites for hydroxylation is 1. The average Bonchev–Trinajstić information content (AvgIpc) is 2.69. The van der Waals surface area contributed by atoms with E-state index in [-0.39, 0.29) is 6.04 Å². The van der Waals surface area contributed by atoms with Crippen LogP contribution in [0.3, 0.4) is 0 Å². The van der Waals surface area contributed by atoms with Crippen LogP contribution in [-0.4, -0.2) is 7.05 Å². The summed E-state index contributed by atoms with van der Waals surface area (Å²) < 4.78 is 6.73. The fraction of sp³-hybridized carbons (Fsp3) is 0.231. The molecular weight excluding hydrogens is 266 g/mol. The minimum absolute atomic E-state index is 0.113. The van der Waals surface area contributed by atoms with Crippen LogP contribution in [0.2, 0.25) is 0 Å². The highest BCUT2D eigenvalue weighted by molar-refractivity contribution is 9.10. The third-order valence-corrected chi connectivity index (χ3v) is 3.07. The maximum absolute atomic E-state index is 5.65. The van der Waals surface area contributed by atoms with E-state index in [4.69, 9.17) is 4.42 Å². The Balaban J connectivity index is 2.32. The summed E-state index contributed by atoms with van der Waals surface area (Å²) in [6.07, 6.45) is 0. The van der Waals surface area contributed by atoms with Crippen molar-refractivity contribution in [3.63, 3.8) is 0 Å². The first-order valence-electron chi connectivity index (χ1n) is 5.20. The lowest BCUT2D eigenvalue weighted by Gasteiger charge is -2.14. The van der Waals surface area contributed by atoms with Gasteiger partial charge in [-0.1, -0.05) is 28.1 Å². The maximum atomic E-state index is 5.65. The van der Waals surface area contributed by atoms with Crippen molar-refractivity contribution in [2.75, 3.05) is 7.05 Å². The monoisotopic (exact) mass is 279 g/mol. The summed E-state index contributed by atoms with van der Waals surface area (Å²) in [4.78, 5) is 0. The van der Waals surface area contributed by atoms with Crippen LogP contribution in [0.15, 0.2) is 45.3 Å². The van der Waals surface area contributed by atoms with E-state index < -0.39 is 0 Å². The van der Waals surface area contributed by atoms with Crippen molar-refractivity contribution in [2.45, 2.75) is 13.0 Å². The highest BCUT2D eigenvalue weighted by Gasteiger charge is 2.14. The van der Waals surface area contributed by atoms with Gasteiger partial charge in [-0.3, -0.25) is 0 Å². The standard InChI is InChI=1S/C13H14BrNO/c1-9-3-8-12(16-9)13(15-2)10-4-6-11(14)7-5-10/h3-8,13,15H,1-2H3. The molecular formula is C13H14BrNO. The molecule has 1 aromatic heterocycles. The molecule has 0 bridgehead atoms. The first-order valence-corrected chi connectivity index (χ1v) is 5.99. The molecule has 1 N–H and O–H groups in total. The van der Waals surface area contributed by atoms with E-state index in [9.17, 15) is 0 Å². The number of nitrogens with one attached hydrogen (secondary N) is 1.